The van der Waals surface area contributed by atoms with Crippen LogP contribution in [-0.2, 0) is 18.0 Å². The van der Waals surface area contributed by atoms with Gasteiger partial charge in [0.15, 0.2) is 0 Å². The molecule has 0 aliphatic rings. The van der Waals surface area contributed by atoms with E-state index in [0.29, 0.717) is 12.4 Å². The molecule has 0 bridgehead atoms. The molecule has 108 valence electrons. The van der Waals surface area contributed by atoms with Gasteiger partial charge in [-0.1, -0.05) is 6.07 Å². The smallest absolute Gasteiger partial charge is 0.120 e. The summed E-state index contributed by atoms with van der Waals surface area (Å²) < 4.78 is 10.7. The van der Waals surface area contributed by atoms with Crippen LogP contribution in [0.1, 0.15) is 25.0 Å². The van der Waals surface area contributed by atoms with Crippen molar-refractivity contribution in [3.63, 3.8) is 0 Å². The van der Waals surface area contributed by atoms with E-state index >= 15 is 0 Å². The predicted octanol–water partition coefficient (Wildman–Crippen LogP) is 0.836. The summed E-state index contributed by atoms with van der Waals surface area (Å²) in [5, 5.41) is 27.5. The molecule has 0 fully saturated rings. The molecule has 1 rings (SSSR count). The van der Waals surface area contributed by atoms with Crippen LogP contribution in [0.5, 0.6) is 5.75 Å². The maximum Gasteiger partial charge on any atom is 0.120 e. The van der Waals surface area contributed by atoms with Crippen molar-refractivity contribution in [3.05, 3.63) is 29.3 Å². The maximum absolute atomic E-state index is 9.19. The van der Waals surface area contributed by atoms with Gasteiger partial charge in [0.2, 0.25) is 0 Å². The minimum atomic E-state index is -0.548. The standard InChI is InChI=1S/C14H22O5/c1-10(16)7-18-9-13-3-12(6-15)4-14(5-13)19-8-11(2)17/h3-5,10-11,15-17H,6-9H2,1-2H3. The fourth-order valence-electron chi connectivity index (χ4n) is 1.55. The topological polar surface area (TPSA) is 79.2 Å². The highest BCUT2D eigenvalue weighted by molar-refractivity contribution is 5.34. The number of hydrogen-bond donors (Lipinski definition) is 3. The van der Waals surface area contributed by atoms with Crippen molar-refractivity contribution in [3.8, 4) is 5.75 Å². The first-order chi connectivity index (χ1) is 9.01. The lowest BCUT2D eigenvalue weighted by atomic mass is 10.1. The molecule has 0 saturated heterocycles. The van der Waals surface area contributed by atoms with Gasteiger partial charge in [0.05, 0.1) is 32.0 Å². The summed E-state index contributed by atoms with van der Waals surface area (Å²) in [6.07, 6.45) is -1.06. The molecule has 0 radical (unpaired) electrons. The number of hydrogen-bond acceptors (Lipinski definition) is 5. The molecule has 5 heteroatoms. The van der Waals surface area contributed by atoms with E-state index in [1.807, 2.05) is 6.07 Å². The first kappa shape index (κ1) is 15.9. The molecule has 2 atom stereocenters. The van der Waals surface area contributed by atoms with E-state index in [0.717, 1.165) is 11.1 Å². The second-order valence-corrected chi connectivity index (χ2v) is 4.67. The monoisotopic (exact) mass is 270 g/mol. The summed E-state index contributed by atoms with van der Waals surface area (Å²) in [7, 11) is 0. The van der Waals surface area contributed by atoms with Crippen molar-refractivity contribution in [2.24, 2.45) is 0 Å². The molecule has 1 aromatic carbocycles. The number of aliphatic hydroxyl groups excluding tert-OH is 3. The first-order valence-electron chi connectivity index (χ1n) is 6.31. The van der Waals surface area contributed by atoms with Gasteiger partial charge in [0.25, 0.3) is 0 Å². The van der Waals surface area contributed by atoms with Crippen molar-refractivity contribution in [1.82, 2.24) is 0 Å². The lowest BCUT2D eigenvalue weighted by molar-refractivity contribution is 0.0374. The van der Waals surface area contributed by atoms with Crippen LogP contribution in [0.25, 0.3) is 0 Å². The molecule has 0 saturated carbocycles. The molecule has 0 amide bonds. The minimum absolute atomic E-state index is 0.0880. The fraction of sp³-hybridized carbons (Fsp3) is 0.571. The van der Waals surface area contributed by atoms with E-state index in [4.69, 9.17) is 14.6 Å². The predicted molar refractivity (Wildman–Crippen MR) is 70.9 cm³/mol. The zero-order valence-corrected chi connectivity index (χ0v) is 11.4. The Morgan fingerprint density at radius 3 is 2.21 bits per heavy atom. The molecule has 0 heterocycles. The van der Waals surface area contributed by atoms with E-state index < -0.39 is 12.2 Å². The summed E-state index contributed by atoms with van der Waals surface area (Å²) in [6, 6.07) is 5.33. The van der Waals surface area contributed by atoms with E-state index in [-0.39, 0.29) is 19.8 Å². The van der Waals surface area contributed by atoms with Gasteiger partial charge in [-0.25, -0.2) is 0 Å². The third kappa shape index (κ3) is 6.54. The Balaban J connectivity index is 2.66. The minimum Gasteiger partial charge on any atom is -0.491 e. The molecule has 2 unspecified atom stereocenters. The summed E-state index contributed by atoms with van der Waals surface area (Å²) in [6.45, 7) is 4.00. The van der Waals surface area contributed by atoms with Gasteiger partial charge in [-0.15, -0.1) is 0 Å². The zero-order valence-electron chi connectivity index (χ0n) is 11.4. The van der Waals surface area contributed by atoms with Crippen LogP contribution < -0.4 is 4.74 Å². The van der Waals surface area contributed by atoms with Crippen molar-refractivity contribution < 1.29 is 24.8 Å². The van der Waals surface area contributed by atoms with Gasteiger partial charge >= 0.3 is 0 Å². The molecule has 5 nitrogen and oxygen atoms in total. The third-order valence-electron chi connectivity index (χ3n) is 2.33. The Labute approximate surface area is 113 Å². The molecule has 3 N–H and O–H groups in total. The lowest BCUT2D eigenvalue weighted by Crippen LogP contribution is -2.13. The summed E-state index contributed by atoms with van der Waals surface area (Å²) in [5.41, 5.74) is 1.58. The van der Waals surface area contributed by atoms with Gasteiger partial charge in [-0.05, 0) is 37.1 Å². The Morgan fingerprint density at radius 2 is 1.63 bits per heavy atom. The molecule has 0 aliphatic heterocycles. The van der Waals surface area contributed by atoms with E-state index in [1.54, 1.807) is 26.0 Å². The maximum atomic E-state index is 9.19. The highest BCUT2D eigenvalue weighted by Crippen LogP contribution is 2.18. The third-order valence-corrected chi connectivity index (χ3v) is 2.33. The van der Waals surface area contributed by atoms with Crippen LogP contribution in [0.3, 0.4) is 0 Å². The van der Waals surface area contributed by atoms with E-state index in [1.165, 1.54) is 0 Å². The van der Waals surface area contributed by atoms with Gasteiger partial charge in [-0.3, -0.25) is 0 Å². The molecule has 0 aliphatic carbocycles. The van der Waals surface area contributed by atoms with Gasteiger partial charge < -0.3 is 24.8 Å². The highest BCUT2D eigenvalue weighted by Gasteiger charge is 2.05. The van der Waals surface area contributed by atoms with E-state index in [2.05, 4.69) is 0 Å². The van der Waals surface area contributed by atoms with Crippen molar-refractivity contribution in [1.29, 1.82) is 0 Å². The van der Waals surface area contributed by atoms with Gasteiger partial charge in [-0.2, -0.15) is 0 Å². The van der Waals surface area contributed by atoms with Crippen molar-refractivity contribution in [2.75, 3.05) is 13.2 Å². The Bertz CT molecular complexity index is 376. The van der Waals surface area contributed by atoms with Crippen LogP contribution in [0.4, 0.5) is 0 Å². The van der Waals surface area contributed by atoms with Gasteiger partial charge in [0.1, 0.15) is 12.4 Å². The average molecular weight is 270 g/mol. The summed E-state index contributed by atoms with van der Waals surface area (Å²) >= 11 is 0. The molecule has 1 aromatic rings. The molecular weight excluding hydrogens is 248 g/mol. The van der Waals surface area contributed by atoms with Crippen molar-refractivity contribution in [2.45, 2.75) is 39.3 Å². The largest absolute Gasteiger partial charge is 0.491 e. The molecule has 19 heavy (non-hydrogen) atoms. The number of benzene rings is 1. The Kier molecular flexibility index (Phi) is 6.80. The normalized spacial score (nSPS) is 14.2. The van der Waals surface area contributed by atoms with Crippen LogP contribution in [0.2, 0.25) is 0 Å². The summed E-state index contributed by atoms with van der Waals surface area (Å²) in [4.78, 5) is 0. The van der Waals surface area contributed by atoms with Gasteiger partial charge in [0, 0.05) is 0 Å². The number of rotatable bonds is 8. The lowest BCUT2D eigenvalue weighted by Gasteiger charge is -2.12. The second kappa shape index (κ2) is 8.12. The van der Waals surface area contributed by atoms with E-state index in [9.17, 15) is 10.2 Å². The first-order valence-corrected chi connectivity index (χ1v) is 6.31. The number of aliphatic hydroxyl groups is 3. The van der Waals surface area contributed by atoms with Crippen LogP contribution in [0, 0.1) is 0 Å². The molecule has 0 spiro atoms. The Morgan fingerprint density at radius 1 is 1.00 bits per heavy atom. The zero-order chi connectivity index (χ0) is 14.3. The average Bonchev–Trinajstić information content (AvgIpc) is 2.35. The molecule has 0 aromatic heterocycles. The quantitative estimate of drug-likeness (QED) is 0.652. The van der Waals surface area contributed by atoms with Crippen molar-refractivity contribution >= 4 is 0 Å². The fourth-order valence-corrected chi connectivity index (χ4v) is 1.55. The SMILES string of the molecule is CC(O)COCc1cc(CO)cc(OCC(C)O)c1. The second-order valence-electron chi connectivity index (χ2n) is 4.67. The molecular formula is C14H22O5. The van der Waals surface area contributed by atoms with Crippen LogP contribution in [-0.4, -0.2) is 40.7 Å². The van der Waals surface area contributed by atoms with Crippen LogP contribution >= 0.6 is 0 Å². The Hall–Kier alpha value is -1.14. The highest BCUT2D eigenvalue weighted by atomic mass is 16.5. The summed E-state index contributed by atoms with van der Waals surface area (Å²) in [5.74, 6) is 0.586. The number of ether oxygens (including phenoxy) is 2. The van der Waals surface area contributed by atoms with Crippen LogP contribution in [0.15, 0.2) is 18.2 Å².